The summed E-state index contributed by atoms with van der Waals surface area (Å²) in [6.07, 6.45) is -4.22. The molecule has 2 aromatic rings. The van der Waals surface area contributed by atoms with Crippen LogP contribution in [0.5, 0.6) is 11.5 Å². The van der Waals surface area contributed by atoms with Gasteiger partial charge < -0.3 is 14.0 Å². The molecule has 0 fully saturated rings. The molecule has 0 saturated carbocycles. The van der Waals surface area contributed by atoms with Crippen LogP contribution in [0.15, 0.2) is 36.4 Å². The summed E-state index contributed by atoms with van der Waals surface area (Å²) >= 11 is 0. The summed E-state index contributed by atoms with van der Waals surface area (Å²) in [6.45, 7) is 1.02. The van der Waals surface area contributed by atoms with E-state index in [2.05, 4.69) is 4.74 Å². The van der Waals surface area contributed by atoms with Gasteiger partial charge >= 0.3 is 12.1 Å². The van der Waals surface area contributed by atoms with Gasteiger partial charge in [-0.1, -0.05) is 6.92 Å². The van der Waals surface area contributed by atoms with Crippen molar-refractivity contribution >= 4 is 25.0 Å². The lowest BCUT2D eigenvalue weighted by Crippen LogP contribution is -2.12. The number of ether oxygens (including phenoxy) is 2. The van der Waals surface area contributed by atoms with Crippen LogP contribution in [0.4, 0.5) is 18.9 Å². The number of nitro benzene ring substituents is 1. The van der Waals surface area contributed by atoms with E-state index in [1.54, 1.807) is 6.92 Å². The van der Waals surface area contributed by atoms with Crippen molar-refractivity contribution in [1.29, 1.82) is 0 Å². The molecule has 8 nitrogen and oxygen atoms in total. The van der Waals surface area contributed by atoms with Gasteiger partial charge in [0.15, 0.2) is 6.61 Å². The van der Waals surface area contributed by atoms with E-state index in [1.807, 2.05) is 0 Å². The van der Waals surface area contributed by atoms with Crippen molar-refractivity contribution in [2.24, 2.45) is 0 Å². The van der Waals surface area contributed by atoms with Gasteiger partial charge in [-0.05, 0) is 30.7 Å². The topological polar surface area (TPSA) is 105 Å². The number of alkyl halides is 3. The molecule has 0 aliphatic carbocycles. The van der Waals surface area contributed by atoms with Crippen molar-refractivity contribution in [2.45, 2.75) is 19.5 Å². The third kappa shape index (κ3) is 5.80. The van der Waals surface area contributed by atoms with E-state index in [0.717, 1.165) is 43.5 Å². The number of hydrogen-bond donors (Lipinski definition) is 0. The first-order valence-corrected chi connectivity index (χ1v) is 9.78. The summed E-state index contributed by atoms with van der Waals surface area (Å²) in [6, 6.07) is 6.14. The Morgan fingerprint density at radius 1 is 1.20 bits per heavy atom. The van der Waals surface area contributed by atoms with Gasteiger partial charge in [-0.15, -0.1) is 0 Å². The van der Waals surface area contributed by atoms with E-state index in [0.29, 0.717) is 12.0 Å². The fraction of sp³-hybridized carbons (Fsp3) is 0.278. The first-order chi connectivity index (χ1) is 14.1. The highest BCUT2D eigenvalue weighted by Crippen LogP contribution is 2.36. The minimum atomic E-state index is -4.51. The standard InChI is InChI=1S/C18H17F3NO7P/c1-3-11-8-14(22(24)25)16(30(26)28-10-17(23)27-2)9-15(11)29-13-6-4-12(5-7-13)18(19,20)21/h4-9,30H,3,10H2,1-2H3. The Hall–Kier alpha value is -2.91. The molecular weight excluding hydrogens is 430 g/mol. The number of esters is 1. The molecule has 30 heavy (non-hydrogen) atoms. The van der Waals surface area contributed by atoms with Crippen LogP contribution in [0, 0.1) is 10.1 Å². The van der Waals surface area contributed by atoms with Crippen LogP contribution in [-0.2, 0) is 31.2 Å². The average molecular weight is 447 g/mol. The number of rotatable bonds is 8. The van der Waals surface area contributed by atoms with Gasteiger partial charge in [0.05, 0.1) is 17.6 Å². The highest BCUT2D eigenvalue weighted by Gasteiger charge is 2.30. The second-order valence-electron chi connectivity index (χ2n) is 5.86. The van der Waals surface area contributed by atoms with E-state index in [4.69, 9.17) is 9.26 Å². The number of carbonyl (C=O) groups excluding carboxylic acids is 1. The summed E-state index contributed by atoms with van der Waals surface area (Å²) in [5, 5.41) is 11.1. The molecular formula is C18H17F3NO7P. The van der Waals surface area contributed by atoms with Gasteiger partial charge in [-0.3, -0.25) is 14.7 Å². The predicted octanol–water partition coefficient (Wildman–Crippen LogP) is 4.26. The zero-order valence-corrected chi connectivity index (χ0v) is 16.8. The molecule has 1 atom stereocenters. The molecule has 12 heteroatoms. The van der Waals surface area contributed by atoms with Crippen LogP contribution in [0.3, 0.4) is 0 Å². The van der Waals surface area contributed by atoms with Crippen LogP contribution in [0.2, 0.25) is 0 Å². The number of methoxy groups -OCH3 is 1. The molecule has 0 saturated heterocycles. The molecule has 2 rings (SSSR count). The number of nitro groups is 1. The third-order valence-corrected chi connectivity index (χ3v) is 5.18. The van der Waals surface area contributed by atoms with Gasteiger partial charge in [-0.2, -0.15) is 13.2 Å². The Balaban J connectivity index is 2.40. The van der Waals surface area contributed by atoms with Crippen LogP contribution in [0.1, 0.15) is 18.1 Å². The summed E-state index contributed by atoms with van der Waals surface area (Å²) in [7, 11) is -2.14. The Morgan fingerprint density at radius 3 is 2.33 bits per heavy atom. The van der Waals surface area contributed by atoms with Gasteiger partial charge in [-0.25, -0.2) is 4.79 Å². The SMILES string of the molecule is CCc1cc([N+](=O)[O-])c([PH](=O)OCC(=O)OC)cc1Oc1ccc(C(F)(F)F)cc1. The number of nitrogens with zero attached hydrogens (tertiary/aromatic N) is 1. The Kier molecular flexibility index (Phi) is 7.58. The lowest BCUT2D eigenvalue weighted by molar-refractivity contribution is -0.383. The van der Waals surface area contributed by atoms with E-state index in [9.17, 15) is 32.6 Å². The Morgan fingerprint density at radius 2 is 1.83 bits per heavy atom. The summed E-state index contributed by atoms with van der Waals surface area (Å²) in [4.78, 5) is 21.8. The van der Waals surface area contributed by atoms with Gasteiger partial charge in [0.1, 0.15) is 16.8 Å². The lowest BCUT2D eigenvalue weighted by atomic mass is 10.1. The van der Waals surface area contributed by atoms with Crippen molar-refractivity contribution in [1.82, 2.24) is 0 Å². The number of hydrogen-bond acceptors (Lipinski definition) is 7. The average Bonchev–Trinajstić information content (AvgIpc) is 2.70. The van der Waals surface area contributed by atoms with Gasteiger partial charge in [0.25, 0.3) is 5.69 Å². The van der Waals surface area contributed by atoms with Crippen molar-refractivity contribution in [2.75, 3.05) is 13.7 Å². The molecule has 162 valence electrons. The third-order valence-electron chi connectivity index (χ3n) is 3.93. The number of benzene rings is 2. The van der Waals surface area contributed by atoms with E-state index in [1.165, 1.54) is 0 Å². The summed E-state index contributed by atoms with van der Waals surface area (Å²) < 4.78 is 65.4. The second-order valence-corrected chi connectivity index (χ2v) is 7.27. The van der Waals surface area contributed by atoms with Crippen LogP contribution >= 0.6 is 8.03 Å². The maximum Gasteiger partial charge on any atom is 0.416 e. The monoisotopic (exact) mass is 447 g/mol. The first-order valence-electron chi connectivity index (χ1n) is 8.47. The minimum absolute atomic E-state index is 0.0488. The van der Waals surface area contributed by atoms with E-state index < -0.39 is 43.0 Å². The Bertz CT molecular complexity index is 961. The minimum Gasteiger partial charge on any atom is -0.467 e. The highest BCUT2D eigenvalue weighted by molar-refractivity contribution is 7.48. The van der Waals surface area contributed by atoms with E-state index >= 15 is 0 Å². The molecule has 1 unspecified atom stereocenters. The van der Waals surface area contributed by atoms with Crippen molar-refractivity contribution < 1.29 is 41.5 Å². The summed E-state index contributed by atoms with van der Waals surface area (Å²) in [5.41, 5.74) is -0.982. The van der Waals surface area contributed by atoms with Crippen LogP contribution in [-0.4, -0.2) is 24.6 Å². The quantitative estimate of drug-likeness (QED) is 0.258. The normalized spacial score (nSPS) is 12.3. The molecule has 0 aliphatic heterocycles. The van der Waals surface area contributed by atoms with Crippen LogP contribution < -0.4 is 10.0 Å². The fourth-order valence-corrected chi connectivity index (χ4v) is 3.42. The number of halogens is 3. The molecule has 0 radical (unpaired) electrons. The van der Waals surface area contributed by atoms with Gasteiger partial charge in [0, 0.05) is 17.7 Å². The smallest absolute Gasteiger partial charge is 0.416 e. The molecule has 0 aliphatic rings. The molecule has 0 amide bonds. The zero-order valence-electron chi connectivity index (χ0n) is 15.8. The number of carbonyl (C=O) groups is 1. The molecule has 0 spiro atoms. The maximum atomic E-state index is 12.7. The molecule has 0 heterocycles. The first kappa shape index (κ1) is 23.4. The van der Waals surface area contributed by atoms with Crippen molar-refractivity contribution in [3.05, 3.63) is 57.6 Å². The van der Waals surface area contributed by atoms with Crippen molar-refractivity contribution in [3.63, 3.8) is 0 Å². The van der Waals surface area contributed by atoms with Crippen LogP contribution in [0.25, 0.3) is 0 Å². The van der Waals surface area contributed by atoms with Crippen molar-refractivity contribution in [3.8, 4) is 11.5 Å². The molecule has 0 N–H and O–H groups in total. The van der Waals surface area contributed by atoms with Gasteiger partial charge in [0.2, 0.25) is 8.03 Å². The molecule has 0 bridgehead atoms. The van der Waals surface area contributed by atoms with E-state index in [-0.39, 0.29) is 16.8 Å². The molecule has 0 aromatic heterocycles. The largest absolute Gasteiger partial charge is 0.467 e. The highest BCUT2D eigenvalue weighted by atomic mass is 31.1. The molecule has 2 aromatic carbocycles. The summed E-state index contributed by atoms with van der Waals surface area (Å²) in [5.74, 6) is -0.701. The zero-order chi connectivity index (χ0) is 22.5. The maximum absolute atomic E-state index is 12.7. The fourth-order valence-electron chi connectivity index (χ4n) is 2.40. The lowest BCUT2D eigenvalue weighted by Gasteiger charge is -2.14. The Labute approximate surface area is 169 Å². The second kappa shape index (κ2) is 9.73. The number of aryl methyl sites for hydroxylation is 1. The predicted molar refractivity (Wildman–Crippen MR) is 101 cm³/mol.